The summed E-state index contributed by atoms with van der Waals surface area (Å²) in [6, 6.07) is 4.00. The Hall–Kier alpha value is -2.59. The van der Waals surface area contributed by atoms with Gasteiger partial charge in [0.15, 0.2) is 11.5 Å². The van der Waals surface area contributed by atoms with Gasteiger partial charge in [-0.05, 0) is 30.9 Å². The van der Waals surface area contributed by atoms with Gasteiger partial charge in [0.25, 0.3) is 0 Å². The summed E-state index contributed by atoms with van der Waals surface area (Å²) in [4.78, 5) is 19.2. The van der Waals surface area contributed by atoms with Gasteiger partial charge in [-0.25, -0.2) is 13.4 Å². The Morgan fingerprint density at radius 1 is 1.16 bits per heavy atom. The first-order valence-electron chi connectivity index (χ1n) is 11.0. The molecule has 0 bridgehead atoms. The topological polar surface area (TPSA) is 103 Å². The maximum Gasteiger partial charge on any atom is 0.241 e. The number of sulfonamides is 1. The molecule has 0 saturated carbocycles. The van der Waals surface area contributed by atoms with E-state index in [1.807, 2.05) is 20.0 Å². The van der Waals surface area contributed by atoms with Crippen molar-refractivity contribution in [3.8, 4) is 11.5 Å². The number of nitrogens with zero attached hydrogens (tertiary/aromatic N) is 3. The van der Waals surface area contributed by atoms with Crippen molar-refractivity contribution < 1.29 is 22.7 Å². The minimum absolute atomic E-state index is 0.0546. The number of fused-ring (bicyclic) bond motifs is 1. The van der Waals surface area contributed by atoms with Crippen molar-refractivity contribution in [3.63, 3.8) is 0 Å². The largest absolute Gasteiger partial charge is 0.490 e. The van der Waals surface area contributed by atoms with E-state index in [1.54, 1.807) is 23.5 Å². The average Bonchev–Trinajstić information content (AvgIpc) is 3.22. The quantitative estimate of drug-likeness (QED) is 0.706. The molecule has 1 N–H and O–H groups in total. The molecule has 1 unspecified atom stereocenters. The van der Waals surface area contributed by atoms with Crippen molar-refractivity contribution >= 4 is 15.9 Å². The van der Waals surface area contributed by atoms with Crippen molar-refractivity contribution in [2.45, 2.75) is 50.1 Å². The summed E-state index contributed by atoms with van der Waals surface area (Å²) >= 11 is 0. The van der Waals surface area contributed by atoms with Crippen molar-refractivity contribution in [2.24, 2.45) is 5.92 Å². The van der Waals surface area contributed by atoms with E-state index in [0.29, 0.717) is 43.8 Å². The van der Waals surface area contributed by atoms with E-state index in [0.717, 1.165) is 19.3 Å². The lowest BCUT2D eigenvalue weighted by Gasteiger charge is -2.35. The second-order valence-electron chi connectivity index (χ2n) is 8.57. The lowest BCUT2D eigenvalue weighted by molar-refractivity contribution is -0.135. The highest BCUT2D eigenvalue weighted by Gasteiger charge is 2.34. The predicted octanol–water partition coefficient (Wildman–Crippen LogP) is 2.21. The van der Waals surface area contributed by atoms with Crippen molar-refractivity contribution in [2.75, 3.05) is 26.3 Å². The molecule has 1 aromatic heterocycles. The minimum Gasteiger partial charge on any atom is -0.490 e. The fourth-order valence-corrected chi connectivity index (χ4v) is 5.44. The summed E-state index contributed by atoms with van der Waals surface area (Å²) in [5, 5.41) is 0. The molecule has 9 nitrogen and oxygen atoms in total. The standard InChI is InChI=1S/C22H30N4O5S/c1-16(2)21(22(27)25-9-6-17(7-10-25)26-11-8-23-15-26)24-32(28,29)18-4-5-19-20(14-18)31-13-3-12-30-19/h4-5,8,11,14-17,21,24H,3,6-7,9-10,12-13H2,1-2H3. The van der Waals surface area contributed by atoms with Crippen LogP contribution in [0.1, 0.15) is 39.2 Å². The predicted molar refractivity (Wildman–Crippen MR) is 118 cm³/mol. The zero-order chi connectivity index (χ0) is 22.7. The number of carbonyl (C=O) groups excluding carboxylic acids is 1. The summed E-state index contributed by atoms with van der Waals surface area (Å²) in [5.74, 6) is 0.532. The third-order valence-electron chi connectivity index (χ3n) is 5.97. The van der Waals surface area contributed by atoms with Gasteiger partial charge < -0.3 is 18.9 Å². The number of likely N-dealkylation sites (tertiary alicyclic amines) is 1. The molecule has 0 radical (unpaired) electrons. The van der Waals surface area contributed by atoms with Crippen molar-refractivity contribution in [3.05, 3.63) is 36.9 Å². The number of hydrogen-bond acceptors (Lipinski definition) is 6. The third-order valence-corrected chi connectivity index (χ3v) is 7.41. The number of rotatable bonds is 6. The van der Waals surface area contributed by atoms with E-state index in [9.17, 15) is 13.2 Å². The molecule has 32 heavy (non-hydrogen) atoms. The average molecular weight is 463 g/mol. The van der Waals surface area contributed by atoms with Crippen LogP contribution in [0, 0.1) is 5.92 Å². The van der Waals surface area contributed by atoms with Crippen LogP contribution in [0.4, 0.5) is 0 Å². The van der Waals surface area contributed by atoms with Gasteiger partial charge in [0, 0.05) is 44.0 Å². The van der Waals surface area contributed by atoms with Gasteiger partial charge in [-0.3, -0.25) is 4.79 Å². The summed E-state index contributed by atoms with van der Waals surface area (Å²) in [6.07, 6.45) is 7.83. The number of ether oxygens (including phenoxy) is 2. The first-order valence-corrected chi connectivity index (χ1v) is 12.5. The van der Waals surface area contributed by atoms with Crippen molar-refractivity contribution in [1.82, 2.24) is 19.2 Å². The molecule has 1 atom stereocenters. The van der Waals surface area contributed by atoms with Gasteiger partial charge in [0.2, 0.25) is 15.9 Å². The highest BCUT2D eigenvalue weighted by molar-refractivity contribution is 7.89. The van der Waals surface area contributed by atoms with Crippen LogP contribution in [0.5, 0.6) is 11.5 Å². The van der Waals surface area contributed by atoms with Crippen LogP contribution in [0.3, 0.4) is 0 Å². The molecular weight excluding hydrogens is 432 g/mol. The molecule has 1 amide bonds. The molecule has 10 heteroatoms. The molecule has 1 saturated heterocycles. The molecule has 4 rings (SSSR count). The maximum absolute atomic E-state index is 13.3. The number of aromatic nitrogens is 2. The highest BCUT2D eigenvalue weighted by atomic mass is 32.2. The van der Waals surface area contributed by atoms with Crippen LogP contribution >= 0.6 is 0 Å². The first-order chi connectivity index (χ1) is 15.3. The second-order valence-corrected chi connectivity index (χ2v) is 10.3. The number of piperidine rings is 1. The number of benzene rings is 1. The number of carbonyl (C=O) groups is 1. The Kier molecular flexibility index (Phi) is 6.71. The van der Waals surface area contributed by atoms with E-state index in [4.69, 9.17) is 9.47 Å². The fraction of sp³-hybridized carbons (Fsp3) is 0.545. The van der Waals surface area contributed by atoms with Gasteiger partial charge >= 0.3 is 0 Å². The SMILES string of the molecule is CC(C)C(NS(=O)(=O)c1ccc2c(c1)OCCCO2)C(=O)N1CCC(n2ccnc2)CC1. The molecule has 1 aromatic carbocycles. The zero-order valence-corrected chi connectivity index (χ0v) is 19.3. The Bertz CT molecular complexity index is 1030. The van der Waals surface area contributed by atoms with Gasteiger partial charge in [0.1, 0.15) is 6.04 Å². The lowest BCUT2D eigenvalue weighted by Crippen LogP contribution is -2.52. The van der Waals surface area contributed by atoms with E-state index in [2.05, 4.69) is 14.3 Å². The maximum atomic E-state index is 13.3. The third kappa shape index (κ3) is 4.91. The van der Waals surface area contributed by atoms with E-state index in [1.165, 1.54) is 12.1 Å². The molecule has 2 aliphatic rings. The second kappa shape index (κ2) is 9.50. The molecule has 0 spiro atoms. The number of imidazole rings is 1. The fourth-order valence-electron chi connectivity index (χ4n) is 4.08. The van der Waals surface area contributed by atoms with Crippen LogP contribution in [0.15, 0.2) is 41.8 Å². The monoisotopic (exact) mass is 462 g/mol. The highest BCUT2D eigenvalue weighted by Crippen LogP contribution is 2.32. The smallest absolute Gasteiger partial charge is 0.241 e. The van der Waals surface area contributed by atoms with Crippen LogP contribution in [-0.4, -0.2) is 61.1 Å². The van der Waals surface area contributed by atoms with Gasteiger partial charge in [-0.1, -0.05) is 13.8 Å². The number of nitrogens with one attached hydrogen (secondary N) is 1. The van der Waals surface area contributed by atoms with Crippen molar-refractivity contribution in [1.29, 1.82) is 0 Å². The van der Waals surface area contributed by atoms with Crippen LogP contribution < -0.4 is 14.2 Å². The van der Waals surface area contributed by atoms with Gasteiger partial charge in [0.05, 0.1) is 24.4 Å². The molecule has 0 aliphatic carbocycles. The Morgan fingerprint density at radius 2 is 1.88 bits per heavy atom. The summed E-state index contributed by atoms with van der Waals surface area (Å²) < 4.78 is 42.2. The Balaban J connectivity index is 1.46. The summed E-state index contributed by atoms with van der Waals surface area (Å²) in [5.41, 5.74) is 0. The number of amides is 1. The molecule has 174 valence electrons. The zero-order valence-electron chi connectivity index (χ0n) is 18.4. The van der Waals surface area contributed by atoms with Crippen LogP contribution in [-0.2, 0) is 14.8 Å². The Labute approximate surface area is 188 Å². The van der Waals surface area contributed by atoms with Crippen LogP contribution in [0.2, 0.25) is 0 Å². The minimum atomic E-state index is -3.93. The summed E-state index contributed by atoms with van der Waals surface area (Å²) in [7, 11) is -3.93. The first kappa shape index (κ1) is 22.6. The lowest BCUT2D eigenvalue weighted by atomic mass is 10.0. The molecule has 2 aromatic rings. The van der Waals surface area contributed by atoms with Gasteiger partial charge in [-0.15, -0.1) is 0 Å². The normalized spacial score (nSPS) is 18.4. The molecule has 2 aliphatic heterocycles. The van der Waals surface area contributed by atoms with Crippen LogP contribution in [0.25, 0.3) is 0 Å². The van der Waals surface area contributed by atoms with E-state index >= 15 is 0 Å². The van der Waals surface area contributed by atoms with Gasteiger partial charge in [-0.2, -0.15) is 4.72 Å². The van der Waals surface area contributed by atoms with E-state index in [-0.39, 0.29) is 16.7 Å². The van der Waals surface area contributed by atoms with E-state index < -0.39 is 16.1 Å². The summed E-state index contributed by atoms with van der Waals surface area (Å²) in [6.45, 7) is 5.84. The molecule has 1 fully saturated rings. The molecular formula is C22H30N4O5S. The number of hydrogen-bond donors (Lipinski definition) is 1. The Morgan fingerprint density at radius 3 is 2.53 bits per heavy atom. The molecule has 3 heterocycles.